The van der Waals surface area contributed by atoms with E-state index in [2.05, 4.69) is 5.32 Å². The van der Waals surface area contributed by atoms with Crippen molar-refractivity contribution in [1.29, 1.82) is 0 Å². The summed E-state index contributed by atoms with van der Waals surface area (Å²) in [6, 6.07) is 2.29. The molecule has 1 N–H and O–H groups in total. The van der Waals surface area contributed by atoms with Crippen LogP contribution in [-0.4, -0.2) is 37.8 Å². The first kappa shape index (κ1) is 19.5. The van der Waals surface area contributed by atoms with Gasteiger partial charge >= 0.3 is 0 Å². The van der Waals surface area contributed by atoms with E-state index in [-0.39, 0.29) is 35.9 Å². The van der Waals surface area contributed by atoms with Crippen LogP contribution in [0.4, 0.5) is 13.2 Å². The summed E-state index contributed by atoms with van der Waals surface area (Å²) in [6.45, 7) is 3.56. The zero-order chi connectivity index (χ0) is 13.1. The smallest absolute Gasteiger partial charge is 0.163 e. The van der Waals surface area contributed by atoms with Crippen LogP contribution < -0.4 is 5.32 Å². The quantitative estimate of drug-likeness (QED) is 0.916. The van der Waals surface area contributed by atoms with E-state index < -0.39 is 24.4 Å². The summed E-state index contributed by atoms with van der Waals surface area (Å²) in [4.78, 5) is 1.85. The minimum atomic E-state index is -0.920. The fourth-order valence-corrected chi connectivity index (χ4v) is 2.29. The average Bonchev–Trinajstić information content (AvgIpc) is 2.41. The molecule has 0 aromatic heterocycles. The first-order valence-corrected chi connectivity index (χ1v) is 6.10. The minimum absolute atomic E-state index is 0. The lowest BCUT2D eigenvalue weighted by molar-refractivity contribution is 0.144. The molecule has 0 aliphatic carbocycles. The first-order valence-electron chi connectivity index (χ1n) is 6.10. The molecule has 1 aliphatic heterocycles. The summed E-state index contributed by atoms with van der Waals surface area (Å²) < 4.78 is 40.6. The van der Waals surface area contributed by atoms with Crippen molar-refractivity contribution in [3.63, 3.8) is 0 Å². The van der Waals surface area contributed by atoms with Gasteiger partial charge in [-0.25, -0.2) is 13.2 Å². The zero-order valence-electron chi connectivity index (χ0n) is 11.2. The fraction of sp³-hybridized carbons (Fsp3) is 0.538. The lowest BCUT2D eigenvalue weighted by atomic mass is 10.0. The van der Waals surface area contributed by atoms with Crippen molar-refractivity contribution in [3.8, 4) is 0 Å². The average molecular weight is 331 g/mol. The molecular formula is C13H19Cl2F3N2. The van der Waals surface area contributed by atoms with Crippen LogP contribution in [0.25, 0.3) is 0 Å². The first-order chi connectivity index (χ1) is 8.65. The second-order valence-corrected chi connectivity index (χ2v) is 4.56. The normalized spacial score (nSPS) is 17.0. The van der Waals surface area contributed by atoms with Crippen LogP contribution in [0.3, 0.4) is 0 Å². The van der Waals surface area contributed by atoms with E-state index in [0.717, 1.165) is 13.1 Å². The molecule has 0 radical (unpaired) electrons. The third-order valence-corrected chi connectivity index (χ3v) is 3.40. The highest BCUT2D eigenvalue weighted by Gasteiger charge is 2.26. The van der Waals surface area contributed by atoms with E-state index in [1.54, 1.807) is 0 Å². The van der Waals surface area contributed by atoms with Crippen LogP contribution in [0.2, 0.25) is 0 Å². The molecule has 1 aromatic rings. The molecule has 1 atom stereocenters. The van der Waals surface area contributed by atoms with E-state index in [1.165, 1.54) is 19.1 Å². The van der Waals surface area contributed by atoms with E-state index >= 15 is 0 Å². The summed E-state index contributed by atoms with van der Waals surface area (Å²) in [5.41, 5.74) is 0.358. The Morgan fingerprint density at radius 1 is 1.15 bits per heavy atom. The molecule has 1 aliphatic rings. The molecule has 1 heterocycles. The van der Waals surface area contributed by atoms with E-state index in [1.807, 2.05) is 4.90 Å². The monoisotopic (exact) mass is 330 g/mol. The highest BCUT2D eigenvalue weighted by molar-refractivity contribution is 5.85. The maximum Gasteiger partial charge on any atom is 0.163 e. The lowest BCUT2D eigenvalue weighted by Gasteiger charge is -2.33. The van der Waals surface area contributed by atoms with Gasteiger partial charge in [0.05, 0.1) is 6.04 Å². The summed E-state index contributed by atoms with van der Waals surface area (Å²) in [5.74, 6) is -1.79. The third kappa shape index (κ3) is 4.01. The van der Waals surface area contributed by atoms with Crippen LogP contribution in [0, 0.1) is 18.6 Å². The Morgan fingerprint density at radius 2 is 1.75 bits per heavy atom. The number of alkyl halides is 1. The topological polar surface area (TPSA) is 15.3 Å². The van der Waals surface area contributed by atoms with Crippen molar-refractivity contribution in [2.75, 3.05) is 32.9 Å². The Kier molecular flexibility index (Phi) is 8.51. The Labute approximate surface area is 129 Å². The summed E-state index contributed by atoms with van der Waals surface area (Å²) in [7, 11) is 0. The predicted molar refractivity (Wildman–Crippen MR) is 78.7 cm³/mol. The van der Waals surface area contributed by atoms with Crippen molar-refractivity contribution < 1.29 is 13.2 Å². The molecule has 1 fully saturated rings. The number of hydrogen-bond acceptors (Lipinski definition) is 2. The Morgan fingerprint density at radius 3 is 2.30 bits per heavy atom. The van der Waals surface area contributed by atoms with Crippen molar-refractivity contribution >= 4 is 24.8 Å². The Balaban J connectivity index is 0.00000180. The van der Waals surface area contributed by atoms with E-state index in [0.29, 0.717) is 13.1 Å². The van der Waals surface area contributed by atoms with Gasteiger partial charge in [0.15, 0.2) is 11.6 Å². The number of halogens is 5. The van der Waals surface area contributed by atoms with Crippen molar-refractivity contribution in [1.82, 2.24) is 10.2 Å². The fourth-order valence-electron chi connectivity index (χ4n) is 2.29. The van der Waals surface area contributed by atoms with Crippen molar-refractivity contribution in [3.05, 3.63) is 34.9 Å². The van der Waals surface area contributed by atoms with Crippen LogP contribution in [0.1, 0.15) is 17.2 Å². The SMILES string of the molecule is Cc1ccc([C@@H](CF)N2CCNCC2)c(F)c1F.Cl.Cl. The lowest BCUT2D eigenvalue weighted by Crippen LogP contribution is -2.45. The molecule has 1 saturated heterocycles. The third-order valence-electron chi connectivity index (χ3n) is 3.40. The van der Waals surface area contributed by atoms with Gasteiger partial charge in [-0.2, -0.15) is 0 Å². The van der Waals surface area contributed by atoms with Crippen LogP contribution in [0.5, 0.6) is 0 Å². The van der Waals surface area contributed by atoms with Gasteiger partial charge < -0.3 is 5.32 Å². The maximum absolute atomic E-state index is 13.9. The highest BCUT2D eigenvalue weighted by Crippen LogP contribution is 2.27. The number of aryl methyl sites for hydroxylation is 1. The van der Waals surface area contributed by atoms with Crippen LogP contribution in [0.15, 0.2) is 12.1 Å². The van der Waals surface area contributed by atoms with Crippen molar-refractivity contribution in [2.45, 2.75) is 13.0 Å². The van der Waals surface area contributed by atoms with Gasteiger partial charge in [-0.3, -0.25) is 4.90 Å². The summed E-state index contributed by atoms with van der Waals surface area (Å²) in [5, 5.41) is 3.15. The molecule has 1 aromatic carbocycles. The van der Waals surface area contributed by atoms with E-state index in [4.69, 9.17) is 0 Å². The maximum atomic E-state index is 13.9. The molecule has 0 bridgehead atoms. The molecular weight excluding hydrogens is 312 g/mol. The molecule has 0 amide bonds. The number of rotatable bonds is 3. The molecule has 116 valence electrons. The number of hydrogen-bond donors (Lipinski definition) is 1. The Bertz CT molecular complexity index is 426. The molecule has 20 heavy (non-hydrogen) atoms. The van der Waals surface area contributed by atoms with Gasteiger partial charge in [0.25, 0.3) is 0 Å². The van der Waals surface area contributed by atoms with E-state index in [9.17, 15) is 13.2 Å². The number of benzene rings is 1. The zero-order valence-corrected chi connectivity index (χ0v) is 12.8. The van der Waals surface area contributed by atoms with Gasteiger partial charge in [-0.1, -0.05) is 12.1 Å². The summed E-state index contributed by atoms with van der Waals surface area (Å²) in [6.07, 6.45) is 0. The number of nitrogens with zero attached hydrogens (tertiary/aromatic N) is 1. The minimum Gasteiger partial charge on any atom is -0.314 e. The number of nitrogens with one attached hydrogen (secondary N) is 1. The molecule has 2 rings (SSSR count). The summed E-state index contributed by atoms with van der Waals surface area (Å²) >= 11 is 0. The number of piperazine rings is 1. The largest absolute Gasteiger partial charge is 0.314 e. The van der Waals surface area contributed by atoms with Gasteiger partial charge in [-0.15, -0.1) is 24.8 Å². The van der Waals surface area contributed by atoms with Crippen LogP contribution in [-0.2, 0) is 0 Å². The second-order valence-electron chi connectivity index (χ2n) is 4.56. The molecule has 0 unspecified atom stereocenters. The molecule has 7 heteroatoms. The van der Waals surface area contributed by atoms with Gasteiger partial charge in [0.2, 0.25) is 0 Å². The molecule has 0 spiro atoms. The Hall–Kier alpha value is -0.490. The van der Waals surface area contributed by atoms with Gasteiger partial charge in [0.1, 0.15) is 6.67 Å². The second kappa shape index (κ2) is 8.72. The van der Waals surface area contributed by atoms with Gasteiger partial charge in [0, 0.05) is 31.7 Å². The standard InChI is InChI=1S/C13H17F3N2.2ClH/c1-9-2-3-10(13(16)12(9)15)11(8-14)18-6-4-17-5-7-18;;/h2-3,11,17H,4-8H2,1H3;2*1H/t11-;;/m1../s1. The predicted octanol–water partition coefficient (Wildman–Crippen LogP) is 3.03. The van der Waals surface area contributed by atoms with Gasteiger partial charge in [-0.05, 0) is 12.5 Å². The molecule has 2 nitrogen and oxygen atoms in total. The highest BCUT2D eigenvalue weighted by atomic mass is 35.5. The van der Waals surface area contributed by atoms with Crippen molar-refractivity contribution in [2.24, 2.45) is 0 Å². The molecule has 0 saturated carbocycles. The van der Waals surface area contributed by atoms with Crippen LogP contribution >= 0.6 is 24.8 Å².